The van der Waals surface area contributed by atoms with Gasteiger partial charge in [0.2, 0.25) is 0 Å². The summed E-state index contributed by atoms with van der Waals surface area (Å²) >= 11 is 0. The molecule has 1 rings (SSSR count). The zero-order chi connectivity index (χ0) is 15.9. The Morgan fingerprint density at radius 2 is 1.95 bits per heavy atom. The molecule has 0 aromatic carbocycles. The van der Waals surface area contributed by atoms with Crippen molar-refractivity contribution in [3.63, 3.8) is 0 Å². The normalized spacial score (nSPS) is 13.0. The molecule has 1 aromatic heterocycles. The van der Waals surface area contributed by atoms with E-state index in [-0.39, 0.29) is 24.2 Å². The minimum absolute atomic E-state index is 0.0535. The van der Waals surface area contributed by atoms with Crippen molar-refractivity contribution < 1.29 is 18.3 Å². The van der Waals surface area contributed by atoms with E-state index < -0.39 is 11.7 Å². The molecule has 0 radical (unpaired) electrons. The van der Waals surface area contributed by atoms with Crippen molar-refractivity contribution in [3.05, 3.63) is 17.7 Å². The van der Waals surface area contributed by atoms with Gasteiger partial charge in [0, 0.05) is 13.2 Å². The number of hydrazine groups is 1. The minimum Gasteiger partial charge on any atom is -0.396 e. The van der Waals surface area contributed by atoms with Gasteiger partial charge in [-0.1, -0.05) is 13.3 Å². The Morgan fingerprint density at radius 1 is 1.29 bits per heavy atom. The zero-order valence-corrected chi connectivity index (χ0v) is 11.9. The van der Waals surface area contributed by atoms with E-state index in [0.29, 0.717) is 13.0 Å². The van der Waals surface area contributed by atoms with E-state index >= 15 is 0 Å². The average molecular weight is 306 g/mol. The first kappa shape index (κ1) is 17.5. The Hall–Kier alpha value is -1.54. The molecule has 0 fully saturated rings. The molecule has 21 heavy (non-hydrogen) atoms. The van der Waals surface area contributed by atoms with Crippen molar-refractivity contribution in [2.75, 3.05) is 23.9 Å². The van der Waals surface area contributed by atoms with Crippen LogP contribution in [0.3, 0.4) is 0 Å². The fourth-order valence-corrected chi connectivity index (χ4v) is 2.05. The van der Waals surface area contributed by atoms with Crippen LogP contribution in [0.4, 0.5) is 24.8 Å². The van der Waals surface area contributed by atoms with Gasteiger partial charge in [0.1, 0.15) is 11.6 Å². The maximum atomic E-state index is 12.8. The number of rotatable bonds is 8. The summed E-state index contributed by atoms with van der Waals surface area (Å²) in [7, 11) is 0. The Kier molecular flexibility index (Phi) is 6.70. The highest BCUT2D eigenvalue weighted by Gasteiger charge is 2.31. The number of halogens is 3. The maximum Gasteiger partial charge on any atom is 0.416 e. The average Bonchev–Trinajstić information content (AvgIpc) is 2.44. The van der Waals surface area contributed by atoms with Crippen LogP contribution in [0.15, 0.2) is 12.1 Å². The number of aliphatic hydroxyl groups excluding tert-OH is 1. The number of hydrogen-bond acceptors (Lipinski definition) is 5. The van der Waals surface area contributed by atoms with Gasteiger partial charge >= 0.3 is 6.18 Å². The quantitative estimate of drug-likeness (QED) is 0.438. The van der Waals surface area contributed by atoms with Crippen LogP contribution in [-0.4, -0.2) is 23.2 Å². The predicted molar refractivity (Wildman–Crippen MR) is 75.6 cm³/mol. The molecule has 0 saturated carbocycles. The topological polar surface area (TPSA) is 83.2 Å². The van der Waals surface area contributed by atoms with Crippen LogP contribution in [0.1, 0.15) is 31.7 Å². The molecule has 8 heteroatoms. The van der Waals surface area contributed by atoms with Gasteiger partial charge in [-0.3, -0.25) is 0 Å². The summed E-state index contributed by atoms with van der Waals surface area (Å²) in [5, 5.41) is 11.9. The smallest absolute Gasteiger partial charge is 0.396 e. The molecule has 1 atom stereocenters. The van der Waals surface area contributed by atoms with Crippen molar-refractivity contribution in [2.45, 2.75) is 32.4 Å². The van der Waals surface area contributed by atoms with Gasteiger partial charge in [-0.05, 0) is 30.9 Å². The third-order valence-electron chi connectivity index (χ3n) is 3.11. The van der Waals surface area contributed by atoms with E-state index in [1.54, 1.807) is 0 Å². The second-order valence-corrected chi connectivity index (χ2v) is 4.82. The number of anilines is 2. The number of nitrogen functional groups attached to an aromatic ring is 1. The highest BCUT2D eigenvalue weighted by Crippen LogP contribution is 2.32. The Labute approximate surface area is 121 Å². The number of nitrogens with one attached hydrogen (secondary N) is 2. The Morgan fingerprint density at radius 3 is 2.48 bits per heavy atom. The molecule has 1 aromatic rings. The number of nitrogens with two attached hydrogens (primary N) is 1. The summed E-state index contributed by atoms with van der Waals surface area (Å²) in [6, 6.07) is 1.80. The molecule has 120 valence electrons. The number of alkyl halides is 3. The van der Waals surface area contributed by atoms with E-state index in [2.05, 4.69) is 15.7 Å². The molecule has 0 aliphatic rings. The standard InChI is InChI=1S/C13H21F3N4O/c1-2-3-9(4-5-21)8-18-11-6-10(13(14,15)16)7-12(19-11)20-17/h6-7,9,21H,2-5,8,17H2,1H3,(H2,18,19,20). The number of hydrogen-bond donors (Lipinski definition) is 4. The van der Waals surface area contributed by atoms with E-state index in [1.165, 1.54) is 0 Å². The molecule has 0 aliphatic heterocycles. The summed E-state index contributed by atoms with van der Waals surface area (Å²) in [5.74, 6) is 5.38. The monoisotopic (exact) mass is 306 g/mol. The maximum absolute atomic E-state index is 12.8. The first-order valence-corrected chi connectivity index (χ1v) is 6.81. The lowest BCUT2D eigenvalue weighted by atomic mass is 10.0. The molecule has 1 heterocycles. The van der Waals surface area contributed by atoms with Gasteiger partial charge in [0.05, 0.1) is 5.56 Å². The fraction of sp³-hybridized carbons (Fsp3) is 0.615. The van der Waals surface area contributed by atoms with Gasteiger partial charge in [-0.2, -0.15) is 13.2 Å². The second-order valence-electron chi connectivity index (χ2n) is 4.82. The van der Waals surface area contributed by atoms with E-state index in [1.807, 2.05) is 6.92 Å². The first-order valence-electron chi connectivity index (χ1n) is 6.81. The zero-order valence-electron chi connectivity index (χ0n) is 11.9. The van der Waals surface area contributed by atoms with Crippen LogP contribution in [0.2, 0.25) is 0 Å². The molecule has 0 bridgehead atoms. The lowest BCUT2D eigenvalue weighted by Gasteiger charge is -2.17. The van der Waals surface area contributed by atoms with Crippen LogP contribution in [0, 0.1) is 5.92 Å². The molecular formula is C13H21F3N4O. The molecular weight excluding hydrogens is 285 g/mol. The number of aromatic nitrogens is 1. The fourth-order valence-electron chi connectivity index (χ4n) is 2.05. The minimum atomic E-state index is -4.46. The van der Waals surface area contributed by atoms with E-state index in [4.69, 9.17) is 10.9 Å². The predicted octanol–water partition coefficient (Wildman–Crippen LogP) is 2.60. The molecule has 0 saturated heterocycles. The van der Waals surface area contributed by atoms with Crippen molar-refractivity contribution in [1.29, 1.82) is 0 Å². The van der Waals surface area contributed by atoms with Crippen LogP contribution < -0.4 is 16.6 Å². The summed E-state index contributed by atoms with van der Waals surface area (Å²) in [4.78, 5) is 3.95. The third-order valence-corrected chi connectivity index (χ3v) is 3.11. The van der Waals surface area contributed by atoms with Gasteiger partial charge in [-0.25, -0.2) is 10.8 Å². The molecule has 5 nitrogen and oxygen atoms in total. The molecule has 0 amide bonds. The van der Waals surface area contributed by atoms with Crippen LogP contribution in [0.25, 0.3) is 0 Å². The van der Waals surface area contributed by atoms with Gasteiger partial charge < -0.3 is 15.8 Å². The lowest BCUT2D eigenvalue weighted by Crippen LogP contribution is -2.18. The van der Waals surface area contributed by atoms with Crippen molar-refractivity contribution in [1.82, 2.24) is 4.98 Å². The summed E-state index contributed by atoms with van der Waals surface area (Å²) in [6.45, 7) is 2.52. The van der Waals surface area contributed by atoms with Crippen molar-refractivity contribution in [2.24, 2.45) is 11.8 Å². The number of aliphatic hydroxyl groups is 1. The summed E-state index contributed by atoms with van der Waals surface area (Å²) in [5.41, 5.74) is 1.31. The molecule has 0 spiro atoms. The largest absolute Gasteiger partial charge is 0.416 e. The van der Waals surface area contributed by atoms with Crippen molar-refractivity contribution in [3.8, 4) is 0 Å². The number of nitrogens with zero attached hydrogens (tertiary/aromatic N) is 1. The van der Waals surface area contributed by atoms with Gasteiger partial charge in [-0.15, -0.1) is 0 Å². The summed E-state index contributed by atoms with van der Waals surface area (Å²) < 4.78 is 38.3. The molecule has 0 aliphatic carbocycles. The highest BCUT2D eigenvalue weighted by atomic mass is 19.4. The SMILES string of the molecule is CCCC(CCO)CNc1cc(C(F)(F)F)cc(NN)n1. The first-order chi connectivity index (χ1) is 9.90. The van der Waals surface area contributed by atoms with Gasteiger partial charge in [0.15, 0.2) is 0 Å². The lowest BCUT2D eigenvalue weighted by molar-refractivity contribution is -0.137. The second kappa shape index (κ2) is 8.04. The van der Waals surface area contributed by atoms with Crippen LogP contribution >= 0.6 is 0 Å². The summed E-state index contributed by atoms with van der Waals surface area (Å²) in [6.07, 6.45) is -2.03. The van der Waals surface area contributed by atoms with Gasteiger partial charge in [0.25, 0.3) is 0 Å². The van der Waals surface area contributed by atoms with Crippen LogP contribution in [-0.2, 0) is 6.18 Å². The molecule has 5 N–H and O–H groups in total. The number of pyridine rings is 1. The molecule has 1 unspecified atom stereocenters. The van der Waals surface area contributed by atoms with E-state index in [0.717, 1.165) is 25.0 Å². The van der Waals surface area contributed by atoms with E-state index in [9.17, 15) is 13.2 Å². The van der Waals surface area contributed by atoms with Crippen LogP contribution in [0.5, 0.6) is 0 Å². The Bertz CT molecular complexity index is 434. The van der Waals surface area contributed by atoms with Crippen molar-refractivity contribution >= 4 is 11.6 Å². The third kappa shape index (κ3) is 5.76. The highest BCUT2D eigenvalue weighted by molar-refractivity contribution is 5.49. The Balaban J connectivity index is 2.82.